The third-order valence-electron chi connectivity index (χ3n) is 13.0. The molecule has 338 valence electrons. The van der Waals surface area contributed by atoms with Crippen LogP contribution in [0.25, 0.3) is 11.1 Å². The van der Waals surface area contributed by atoms with Crippen molar-refractivity contribution >= 4 is 62.6 Å². The van der Waals surface area contributed by atoms with Crippen molar-refractivity contribution in [1.29, 1.82) is 0 Å². The first kappa shape index (κ1) is 44.5. The fourth-order valence-electron chi connectivity index (χ4n) is 9.22. The molecule has 9 aromatic rings. The Morgan fingerprint density at radius 2 is 0.536 bits per heavy atom. The number of aryl methyl sites for hydroxylation is 4. The lowest BCUT2D eigenvalue weighted by molar-refractivity contribution is 0.726. The molecule has 0 saturated heterocycles. The van der Waals surface area contributed by atoms with Gasteiger partial charge in [-0.1, -0.05) is 132 Å². The van der Waals surface area contributed by atoms with Gasteiger partial charge in [-0.05, 0) is 191 Å². The molecule has 9 aromatic carbocycles. The van der Waals surface area contributed by atoms with Crippen LogP contribution >= 0.6 is 0 Å². The number of hydrogen-bond acceptors (Lipinski definition) is 4. The summed E-state index contributed by atoms with van der Waals surface area (Å²) in [4.78, 5) is 9.36. The van der Waals surface area contributed by atoms with Gasteiger partial charge in [0.15, 0.2) is 0 Å². The van der Waals surface area contributed by atoms with Gasteiger partial charge in [0.05, 0.1) is 0 Å². The monoisotopic (exact) mass is 894 g/mol. The van der Waals surface area contributed by atoms with E-state index in [-0.39, 0.29) is 0 Å². The van der Waals surface area contributed by atoms with E-state index in [4.69, 9.17) is 0 Å². The Kier molecular flexibility index (Phi) is 12.8. The van der Waals surface area contributed by atoms with Crippen LogP contribution in [0, 0.1) is 33.6 Å². The standard InChI is InChI=1S/C65H58N4/c1-47-14-26-55(27-15-47)67(56-28-16-48(2)17-29-56)62-40-38-61(39-41-62)66(54-11-7-6-8-12-54)59-34-22-52(23-35-59)53-24-36-60(37-25-53)69(65-13-9-10-51(5)46-65)64-44-42-63(43-45-64)68(57-30-18-49(3)19-31-57)58-32-20-50(4)21-33-58/h6-9,11-46,51H,10H2,1-5H3. The summed E-state index contributed by atoms with van der Waals surface area (Å²) in [6.45, 7) is 10.8. The maximum atomic E-state index is 2.39. The summed E-state index contributed by atoms with van der Waals surface area (Å²) in [5.74, 6) is 0.448. The number of rotatable bonds is 13. The van der Waals surface area contributed by atoms with E-state index in [1.807, 2.05) is 0 Å². The van der Waals surface area contributed by atoms with Crippen LogP contribution in [0.3, 0.4) is 0 Å². The minimum atomic E-state index is 0.448. The molecule has 0 spiro atoms. The van der Waals surface area contributed by atoms with Crippen molar-refractivity contribution in [3.63, 3.8) is 0 Å². The molecule has 0 saturated carbocycles. The SMILES string of the molecule is Cc1ccc(N(c2ccc(C)cc2)c2ccc(N(C3=CC(C)CC=C3)c3ccc(-c4ccc(N(c5ccccc5)c5ccc(N(c6ccc(C)cc6)c6ccc(C)cc6)cc5)cc4)cc3)cc2)cc1. The van der Waals surface area contributed by atoms with Gasteiger partial charge in [-0.25, -0.2) is 0 Å². The Hall–Kier alpha value is -8.34. The Morgan fingerprint density at radius 3 is 0.826 bits per heavy atom. The van der Waals surface area contributed by atoms with Crippen LogP contribution in [-0.4, -0.2) is 0 Å². The fraction of sp³-hybridized carbons (Fsp3) is 0.108. The van der Waals surface area contributed by atoms with Crippen molar-refractivity contribution < 1.29 is 0 Å². The van der Waals surface area contributed by atoms with Gasteiger partial charge in [0, 0.05) is 68.3 Å². The highest BCUT2D eigenvalue weighted by atomic mass is 15.2. The first-order valence-electron chi connectivity index (χ1n) is 24.1. The second kappa shape index (κ2) is 19.9. The summed E-state index contributed by atoms with van der Waals surface area (Å²) in [5, 5.41) is 0. The van der Waals surface area contributed by atoms with Crippen molar-refractivity contribution in [2.75, 3.05) is 19.6 Å². The molecule has 10 rings (SSSR count). The molecule has 0 aromatic heterocycles. The molecule has 0 bridgehead atoms. The van der Waals surface area contributed by atoms with Crippen molar-refractivity contribution in [3.05, 3.63) is 271 Å². The van der Waals surface area contributed by atoms with Gasteiger partial charge in [-0.3, -0.25) is 0 Å². The largest absolute Gasteiger partial charge is 0.311 e. The molecule has 0 aliphatic heterocycles. The molecule has 1 aliphatic carbocycles. The zero-order valence-corrected chi connectivity index (χ0v) is 40.2. The van der Waals surface area contributed by atoms with Crippen LogP contribution in [0.2, 0.25) is 0 Å². The van der Waals surface area contributed by atoms with E-state index < -0.39 is 0 Å². The molecular weight excluding hydrogens is 837 g/mol. The predicted octanol–water partition coefficient (Wildman–Crippen LogP) is 18.6. The summed E-state index contributed by atoms with van der Waals surface area (Å²) >= 11 is 0. The zero-order valence-electron chi connectivity index (χ0n) is 40.2. The van der Waals surface area contributed by atoms with Crippen LogP contribution in [-0.2, 0) is 0 Å². The van der Waals surface area contributed by atoms with Crippen LogP contribution < -0.4 is 19.6 Å². The lowest BCUT2D eigenvalue weighted by Gasteiger charge is -2.30. The highest BCUT2D eigenvalue weighted by Gasteiger charge is 2.20. The van der Waals surface area contributed by atoms with Gasteiger partial charge in [-0.2, -0.15) is 0 Å². The van der Waals surface area contributed by atoms with E-state index in [1.165, 1.54) is 28.0 Å². The van der Waals surface area contributed by atoms with Crippen molar-refractivity contribution in [3.8, 4) is 11.1 Å². The fourth-order valence-corrected chi connectivity index (χ4v) is 9.22. The van der Waals surface area contributed by atoms with Crippen LogP contribution in [0.4, 0.5) is 62.6 Å². The van der Waals surface area contributed by atoms with Crippen LogP contribution in [0.1, 0.15) is 35.6 Å². The summed E-state index contributed by atoms with van der Waals surface area (Å²) in [6.07, 6.45) is 8.00. The Morgan fingerprint density at radius 1 is 0.290 bits per heavy atom. The Labute approximate surface area is 409 Å². The summed E-state index contributed by atoms with van der Waals surface area (Å²) in [7, 11) is 0. The van der Waals surface area contributed by atoms with Crippen LogP contribution in [0.5, 0.6) is 0 Å². The second-order valence-corrected chi connectivity index (χ2v) is 18.4. The minimum Gasteiger partial charge on any atom is -0.311 e. The molecule has 0 radical (unpaired) electrons. The number of allylic oxidation sites excluding steroid dienone is 3. The highest BCUT2D eigenvalue weighted by molar-refractivity contribution is 5.83. The van der Waals surface area contributed by atoms with Crippen molar-refractivity contribution in [2.45, 2.75) is 41.0 Å². The Balaban J connectivity index is 0.937. The molecule has 4 heteroatoms. The second-order valence-electron chi connectivity index (χ2n) is 18.4. The van der Waals surface area contributed by atoms with E-state index in [1.54, 1.807) is 0 Å². The topological polar surface area (TPSA) is 13.0 Å². The first-order valence-corrected chi connectivity index (χ1v) is 24.1. The van der Waals surface area contributed by atoms with E-state index in [0.29, 0.717) is 5.92 Å². The normalized spacial score (nSPS) is 13.1. The van der Waals surface area contributed by atoms with Crippen molar-refractivity contribution in [2.24, 2.45) is 5.92 Å². The summed E-state index contributed by atoms with van der Waals surface area (Å²) in [5.41, 5.74) is 20.7. The molecule has 1 unspecified atom stereocenters. The van der Waals surface area contributed by atoms with Gasteiger partial charge in [-0.15, -0.1) is 0 Å². The molecule has 69 heavy (non-hydrogen) atoms. The number of nitrogens with zero attached hydrogens (tertiary/aromatic N) is 4. The molecule has 0 N–H and O–H groups in total. The number of anilines is 11. The number of para-hydroxylation sites is 1. The predicted molar refractivity (Wildman–Crippen MR) is 294 cm³/mol. The van der Waals surface area contributed by atoms with Gasteiger partial charge in [0.25, 0.3) is 0 Å². The van der Waals surface area contributed by atoms with Gasteiger partial charge in [0.2, 0.25) is 0 Å². The maximum absolute atomic E-state index is 2.39. The first-order chi connectivity index (χ1) is 33.7. The van der Waals surface area contributed by atoms with Crippen LogP contribution in [0.15, 0.2) is 248 Å². The average Bonchev–Trinajstić information content (AvgIpc) is 3.38. The molecule has 4 nitrogen and oxygen atoms in total. The Bertz CT molecular complexity index is 3080. The lowest BCUT2D eigenvalue weighted by atomic mass is 9.99. The zero-order chi connectivity index (χ0) is 47.3. The smallest absolute Gasteiger partial charge is 0.0463 e. The summed E-state index contributed by atoms with van der Waals surface area (Å²) < 4.78 is 0. The van der Waals surface area contributed by atoms with E-state index in [2.05, 4.69) is 297 Å². The third-order valence-corrected chi connectivity index (χ3v) is 13.0. The number of benzene rings is 9. The third kappa shape index (κ3) is 9.88. The quantitative estimate of drug-likeness (QED) is 0.114. The maximum Gasteiger partial charge on any atom is 0.0463 e. The highest BCUT2D eigenvalue weighted by Crippen LogP contribution is 2.42. The molecule has 0 amide bonds. The summed E-state index contributed by atoms with van der Waals surface area (Å²) in [6, 6.07) is 81.5. The molecule has 0 fully saturated rings. The number of hydrogen-bond donors (Lipinski definition) is 0. The minimum absolute atomic E-state index is 0.448. The van der Waals surface area contributed by atoms with Gasteiger partial charge in [0.1, 0.15) is 0 Å². The molecular formula is C65H58N4. The molecule has 0 heterocycles. The van der Waals surface area contributed by atoms with E-state index in [9.17, 15) is 0 Å². The molecule has 1 atom stereocenters. The van der Waals surface area contributed by atoms with Crippen molar-refractivity contribution in [1.82, 2.24) is 0 Å². The van der Waals surface area contributed by atoms with Gasteiger partial charge >= 0.3 is 0 Å². The van der Waals surface area contributed by atoms with Gasteiger partial charge < -0.3 is 19.6 Å². The average molecular weight is 895 g/mol. The lowest BCUT2D eigenvalue weighted by Crippen LogP contribution is -2.18. The molecule has 1 aliphatic rings. The van der Waals surface area contributed by atoms with E-state index in [0.717, 1.165) is 80.1 Å². The van der Waals surface area contributed by atoms with E-state index >= 15 is 0 Å².